The van der Waals surface area contributed by atoms with Gasteiger partial charge >= 0.3 is 6.61 Å². The number of halogens is 4. The van der Waals surface area contributed by atoms with E-state index in [-0.39, 0.29) is 22.2 Å². The smallest absolute Gasteiger partial charge is 0.387 e. The predicted octanol–water partition coefficient (Wildman–Crippen LogP) is 4.68. The van der Waals surface area contributed by atoms with Crippen LogP contribution in [-0.2, 0) is 0 Å². The number of benzene rings is 2. The van der Waals surface area contributed by atoms with Gasteiger partial charge in [0.15, 0.2) is 5.11 Å². The maximum absolute atomic E-state index is 13.5. The highest BCUT2D eigenvalue weighted by molar-refractivity contribution is 7.80. The van der Waals surface area contributed by atoms with Crippen LogP contribution in [0.2, 0.25) is 0 Å². The molecule has 0 saturated heterocycles. The summed E-state index contributed by atoms with van der Waals surface area (Å²) in [6, 6.07) is 7.51. The van der Waals surface area contributed by atoms with E-state index in [4.69, 9.17) is 12.2 Å². The summed E-state index contributed by atoms with van der Waals surface area (Å²) in [6.07, 6.45) is 0. The molecule has 0 unspecified atom stereocenters. The summed E-state index contributed by atoms with van der Waals surface area (Å²) in [5.74, 6) is -1.65. The molecule has 0 heterocycles. The van der Waals surface area contributed by atoms with E-state index in [0.29, 0.717) is 6.07 Å². The highest BCUT2D eigenvalue weighted by atomic mass is 32.1. The van der Waals surface area contributed by atoms with Crippen molar-refractivity contribution in [1.82, 2.24) is 0 Å². The van der Waals surface area contributed by atoms with Gasteiger partial charge in [-0.1, -0.05) is 6.07 Å². The fraction of sp³-hybridized carbons (Fsp3) is 0.133. The Morgan fingerprint density at radius 2 is 1.70 bits per heavy atom. The standard InChI is InChI=1S/C15H12F4N2OS/c1-8-2-4-12(13(6-8)22-14(18)19)21-15(23)20-11-5-3-9(16)7-10(11)17/h2-7,14H,1H3,(H2,20,21,23). The van der Waals surface area contributed by atoms with Crippen molar-refractivity contribution >= 4 is 28.7 Å². The third kappa shape index (κ3) is 4.82. The van der Waals surface area contributed by atoms with Crippen LogP contribution in [0.1, 0.15) is 5.56 Å². The van der Waals surface area contributed by atoms with Crippen molar-refractivity contribution in [2.24, 2.45) is 0 Å². The monoisotopic (exact) mass is 344 g/mol. The van der Waals surface area contributed by atoms with Gasteiger partial charge in [0.25, 0.3) is 0 Å². The van der Waals surface area contributed by atoms with E-state index in [1.165, 1.54) is 18.2 Å². The summed E-state index contributed by atoms with van der Waals surface area (Å²) in [7, 11) is 0. The molecule has 0 aromatic heterocycles. The molecule has 0 saturated carbocycles. The molecule has 2 N–H and O–H groups in total. The minimum atomic E-state index is -2.99. The van der Waals surface area contributed by atoms with Crippen molar-refractivity contribution in [1.29, 1.82) is 0 Å². The van der Waals surface area contributed by atoms with Crippen LogP contribution in [-0.4, -0.2) is 11.7 Å². The topological polar surface area (TPSA) is 33.3 Å². The molecular weight excluding hydrogens is 332 g/mol. The van der Waals surface area contributed by atoms with Gasteiger partial charge in [-0.2, -0.15) is 8.78 Å². The first-order chi connectivity index (χ1) is 10.8. The molecule has 0 atom stereocenters. The summed E-state index contributed by atoms with van der Waals surface area (Å²) in [6.45, 7) is -1.28. The highest BCUT2D eigenvalue weighted by Gasteiger charge is 2.12. The molecule has 2 aromatic rings. The maximum atomic E-state index is 13.5. The second kappa shape index (κ2) is 7.28. The third-order valence-corrected chi connectivity index (χ3v) is 2.98. The fourth-order valence-corrected chi connectivity index (χ4v) is 2.01. The van der Waals surface area contributed by atoms with Crippen molar-refractivity contribution in [3.63, 3.8) is 0 Å². The average Bonchev–Trinajstić information content (AvgIpc) is 2.44. The lowest BCUT2D eigenvalue weighted by Gasteiger charge is -2.15. The average molecular weight is 344 g/mol. The van der Waals surface area contributed by atoms with Gasteiger partial charge in [0, 0.05) is 6.07 Å². The third-order valence-electron chi connectivity index (χ3n) is 2.78. The van der Waals surface area contributed by atoms with Crippen molar-refractivity contribution < 1.29 is 22.3 Å². The number of hydrogen-bond acceptors (Lipinski definition) is 2. The SMILES string of the molecule is Cc1ccc(NC(=S)Nc2ccc(F)cc2F)c(OC(F)F)c1. The van der Waals surface area contributed by atoms with Crippen molar-refractivity contribution in [2.45, 2.75) is 13.5 Å². The van der Waals surface area contributed by atoms with E-state index in [0.717, 1.165) is 11.6 Å². The van der Waals surface area contributed by atoms with Gasteiger partial charge in [0.1, 0.15) is 17.4 Å². The summed E-state index contributed by atoms with van der Waals surface area (Å²) in [5.41, 5.74) is 0.859. The van der Waals surface area contributed by atoms with Gasteiger partial charge in [0.2, 0.25) is 0 Å². The Morgan fingerprint density at radius 1 is 1.04 bits per heavy atom. The minimum Gasteiger partial charge on any atom is -0.433 e. The number of alkyl halides is 2. The predicted molar refractivity (Wildman–Crippen MR) is 84.0 cm³/mol. The molecule has 0 aliphatic heterocycles. The van der Waals surface area contributed by atoms with Gasteiger partial charge < -0.3 is 15.4 Å². The van der Waals surface area contributed by atoms with Crippen molar-refractivity contribution in [3.05, 3.63) is 53.6 Å². The molecule has 0 aliphatic carbocycles. The van der Waals surface area contributed by atoms with E-state index in [1.54, 1.807) is 13.0 Å². The zero-order valence-electron chi connectivity index (χ0n) is 11.9. The van der Waals surface area contributed by atoms with E-state index in [1.807, 2.05) is 0 Å². The van der Waals surface area contributed by atoms with Crippen LogP contribution >= 0.6 is 12.2 Å². The Hall–Kier alpha value is -2.35. The van der Waals surface area contributed by atoms with Gasteiger partial charge in [-0.05, 0) is 49.0 Å². The lowest BCUT2D eigenvalue weighted by atomic mass is 10.2. The van der Waals surface area contributed by atoms with Crippen molar-refractivity contribution in [2.75, 3.05) is 10.6 Å². The van der Waals surface area contributed by atoms with E-state index >= 15 is 0 Å². The number of aryl methyl sites for hydroxylation is 1. The van der Waals surface area contributed by atoms with Gasteiger partial charge in [-0.15, -0.1) is 0 Å². The molecule has 122 valence electrons. The molecule has 0 amide bonds. The van der Waals surface area contributed by atoms with Crippen LogP contribution in [0.4, 0.5) is 28.9 Å². The number of rotatable bonds is 4. The van der Waals surface area contributed by atoms with Gasteiger partial charge in [-0.25, -0.2) is 8.78 Å². The van der Waals surface area contributed by atoms with Crippen LogP contribution < -0.4 is 15.4 Å². The number of ether oxygens (including phenoxy) is 1. The summed E-state index contributed by atoms with van der Waals surface area (Å²) < 4.78 is 55.6. The Kier molecular flexibility index (Phi) is 5.38. The Bertz CT molecular complexity index is 725. The quantitative estimate of drug-likeness (QED) is 0.623. The molecule has 0 fully saturated rings. The highest BCUT2D eigenvalue weighted by Crippen LogP contribution is 2.27. The fourth-order valence-electron chi connectivity index (χ4n) is 1.79. The van der Waals surface area contributed by atoms with Crippen LogP contribution in [0.15, 0.2) is 36.4 Å². The molecule has 0 aliphatic rings. The largest absolute Gasteiger partial charge is 0.433 e. The Morgan fingerprint density at radius 3 is 2.35 bits per heavy atom. The molecular formula is C15H12F4N2OS. The summed E-state index contributed by atoms with van der Waals surface area (Å²) in [5, 5.41) is 5.09. The van der Waals surface area contributed by atoms with Gasteiger partial charge in [-0.3, -0.25) is 0 Å². The van der Waals surface area contributed by atoms with Crippen LogP contribution in [0, 0.1) is 18.6 Å². The number of thiocarbonyl (C=S) groups is 1. The Balaban J connectivity index is 2.13. The molecule has 8 heteroatoms. The minimum absolute atomic E-state index is 0.0488. The van der Waals surface area contributed by atoms with Crippen LogP contribution in [0.3, 0.4) is 0 Å². The lowest BCUT2D eigenvalue weighted by molar-refractivity contribution is -0.0493. The second-order valence-electron chi connectivity index (χ2n) is 4.58. The maximum Gasteiger partial charge on any atom is 0.387 e. The molecule has 23 heavy (non-hydrogen) atoms. The Labute approximate surface area is 135 Å². The van der Waals surface area contributed by atoms with Gasteiger partial charge in [0.05, 0.1) is 11.4 Å². The molecule has 0 radical (unpaired) electrons. The van der Waals surface area contributed by atoms with Crippen LogP contribution in [0.5, 0.6) is 5.75 Å². The van der Waals surface area contributed by atoms with Crippen molar-refractivity contribution in [3.8, 4) is 5.75 Å². The summed E-state index contributed by atoms with van der Waals surface area (Å²) >= 11 is 4.99. The first kappa shape index (κ1) is 17.0. The zero-order valence-corrected chi connectivity index (χ0v) is 12.7. The molecule has 3 nitrogen and oxygen atoms in total. The zero-order chi connectivity index (χ0) is 17.0. The molecule has 2 rings (SSSR count). The normalized spacial score (nSPS) is 10.5. The number of hydrogen-bond donors (Lipinski definition) is 2. The number of nitrogens with one attached hydrogen (secondary N) is 2. The van der Waals surface area contributed by atoms with E-state index < -0.39 is 18.2 Å². The first-order valence-electron chi connectivity index (χ1n) is 6.43. The first-order valence-corrected chi connectivity index (χ1v) is 6.84. The lowest BCUT2D eigenvalue weighted by Crippen LogP contribution is -2.20. The van der Waals surface area contributed by atoms with E-state index in [9.17, 15) is 17.6 Å². The van der Waals surface area contributed by atoms with Crippen LogP contribution in [0.25, 0.3) is 0 Å². The van der Waals surface area contributed by atoms with E-state index in [2.05, 4.69) is 15.4 Å². The molecule has 2 aromatic carbocycles. The summed E-state index contributed by atoms with van der Waals surface area (Å²) in [4.78, 5) is 0. The molecule has 0 spiro atoms. The second-order valence-corrected chi connectivity index (χ2v) is 4.99. The molecule has 0 bridgehead atoms. The number of anilines is 2.